The number of imide groups is 1. The second-order valence-corrected chi connectivity index (χ2v) is 14.1. The average Bonchev–Trinajstić information content (AvgIpc) is 3.43. The zero-order valence-corrected chi connectivity index (χ0v) is 26.9. The Hall–Kier alpha value is -2.53. The maximum absolute atomic E-state index is 14.0. The number of amides is 2. The number of ether oxygens (including phenoxy) is 1. The Bertz CT molecular complexity index is 1130. The van der Waals surface area contributed by atoms with Crippen LogP contribution in [0.15, 0.2) is 55.1 Å². The third kappa shape index (κ3) is 7.10. The summed E-state index contributed by atoms with van der Waals surface area (Å²) >= 11 is 0. The number of fused-ring (bicyclic) bond motifs is 1. The first-order valence-corrected chi connectivity index (χ1v) is 15.5. The van der Waals surface area contributed by atoms with Crippen LogP contribution in [-0.2, 0) is 24.5 Å². The lowest BCUT2D eigenvalue weighted by atomic mass is 9.65. The van der Waals surface area contributed by atoms with E-state index >= 15 is 0 Å². The number of rotatable bonds is 14. The Balaban J connectivity index is 1.83. The summed E-state index contributed by atoms with van der Waals surface area (Å²) in [5.74, 6) is -0.347. The molecule has 0 radical (unpaired) electrons. The number of hydrogen-bond acceptors (Lipinski definition) is 4. The van der Waals surface area contributed by atoms with Crippen molar-refractivity contribution in [3.8, 4) is 0 Å². The van der Waals surface area contributed by atoms with E-state index in [9.17, 15) is 14.4 Å². The predicted octanol–water partition coefficient (Wildman–Crippen LogP) is 7.55. The van der Waals surface area contributed by atoms with Crippen LogP contribution < -0.4 is 0 Å². The summed E-state index contributed by atoms with van der Waals surface area (Å²) in [5.41, 5.74) is 0.334. The van der Waals surface area contributed by atoms with E-state index in [1.54, 1.807) is 6.92 Å². The molecule has 1 heterocycles. The van der Waals surface area contributed by atoms with Crippen LogP contribution in [0.3, 0.4) is 0 Å². The molecule has 1 aromatic rings. The topological polar surface area (TPSA) is 63.7 Å². The molecular formula is C36H53NO4. The van der Waals surface area contributed by atoms with Crippen LogP contribution in [0.5, 0.6) is 0 Å². The van der Waals surface area contributed by atoms with E-state index < -0.39 is 11.7 Å². The fraction of sp³-hybridized carbons (Fsp3) is 0.639. The molecule has 5 nitrogen and oxygen atoms in total. The molecule has 2 aliphatic rings. The molecule has 1 aliphatic heterocycles. The highest BCUT2D eigenvalue weighted by Crippen LogP contribution is 2.56. The number of hydrogen-bond donors (Lipinski definition) is 0. The van der Waals surface area contributed by atoms with Gasteiger partial charge in [-0.2, -0.15) is 0 Å². The van der Waals surface area contributed by atoms with Gasteiger partial charge in [0.15, 0.2) is 5.78 Å². The zero-order chi connectivity index (χ0) is 30.8. The molecule has 3 rings (SSSR count). The van der Waals surface area contributed by atoms with Crippen molar-refractivity contribution >= 4 is 17.6 Å². The summed E-state index contributed by atoms with van der Waals surface area (Å²) in [6.07, 6.45) is 8.50. The van der Waals surface area contributed by atoms with E-state index in [2.05, 4.69) is 77.6 Å². The molecule has 6 atom stereocenters. The number of carbonyl (C=O) groups excluding carboxylic acids is 3. The van der Waals surface area contributed by atoms with Gasteiger partial charge in [0.1, 0.15) is 6.10 Å². The van der Waals surface area contributed by atoms with E-state index in [0.717, 1.165) is 6.42 Å². The normalized spacial score (nSPS) is 25.0. The summed E-state index contributed by atoms with van der Waals surface area (Å²) in [4.78, 5) is 41.5. The van der Waals surface area contributed by atoms with Crippen LogP contribution in [-0.4, -0.2) is 40.7 Å². The minimum absolute atomic E-state index is 0.00593. The number of nitrogens with zero attached hydrogens (tertiary/aromatic N) is 1. The minimum atomic E-state index is -0.524. The molecule has 0 aromatic heterocycles. The van der Waals surface area contributed by atoms with Crippen molar-refractivity contribution in [3.63, 3.8) is 0 Å². The van der Waals surface area contributed by atoms with Gasteiger partial charge in [-0.15, -0.1) is 6.58 Å². The van der Waals surface area contributed by atoms with E-state index in [1.165, 1.54) is 10.5 Å². The molecule has 1 saturated heterocycles. The van der Waals surface area contributed by atoms with Crippen molar-refractivity contribution < 1.29 is 19.1 Å². The molecular weight excluding hydrogens is 510 g/mol. The van der Waals surface area contributed by atoms with E-state index in [0.29, 0.717) is 25.8 Å². The first-order valence-electron chi connectivity index (χ1n) is 15.5. The number of ketones is 1. The average molecular weight is 564 g/mol. The third-order valence-electron chi connectivity index (χ3n) is 10.1. The van der Waals surface area contributed by atoms with Gasteiger partial charge in [0.25, 0.3) is 0 Å². The smallest absolute Gasteiger partial charge is 0.233 e. The van der Waals surface area contributed by atoms with Gasteiger partial charge >= 0.3 is 0 Å². The molecule has 41 heavy (non-hydrogen) atoms. The number of Topliss-reactive ketones (excluding diaryl/α,β-unsaturated/α-hetero) is 1. The number of carbonyl (C=O) groups is 3. The highest BCUT2D eigenvalue weighted by Gasteiger charge is 2.61. The third-order valence-corrected chi connectivity index (χ3v) is 10.1. The van der Waals surface area contributed by atoms with Gasteiger partial charge < -0.3 is 4.74 Å². The Morgan fingerprint density at radius 3 is 2.24 bits per heavy atom. The molecule has 2 fully saturated rings. The van der Waals surface area contributed by atoms with Gasteiger partial charge in [-0.1, -0.05) is 90.1 Å². The summed E-state index contributed by atoms with van der Waals surface area (Å²) < 4.78 is 6.04. The van der Waals surface area contributed by atoms with Gasteiger partial charge in [-0.25, -0.2) is 0 Å². The van der Waals surface area contributed by atoms with Crippen LogP contribution in [0.2, 0.25) is 0 Å². The number of benzene rings is 1. The summed E-state index contributed by atoms with van der Waals surface area (Å²) in [5, 5.41) is 0. The highest BCUT2D eigenvalue weighted by molar-refractivity contribution is 6.06. The van der Waals surface area contributed by atoms with Crippen LogP contribution in [0, 0.1) is 35.0 Å². The molecule has 1 aliphatic carbocycles. The van der Waals surface area contributed by atoms with Gasteiger partial charge in [-0.05, 0) is 68.8 Å². The molecule has 0 bridgehead atoms. The maximum atomic E-state index is 14.0. The van der Waals surface area contributed by atoms with E-state index in [4.69, 9.17) is 4.74 Å². The first kappa shape index (κ1) is 33.0. The van der Waals surface area contributed by atoms with E-state index in [1.807, 2.05) is 32.9 Å². The van der Waals surface area contributed by atoms with Crippen molar-refractivity contribution in [3.05, 3.63) is 60.7 Å². The largest absolute Gasteiger partial charge is 0.365 e. The van der Waals surface area contributed by atoms with Gasteiger partial charge in [-0.3, -0.25) is 19.3 Å². The zero-order valence-electron chi connectivity index (χ0n) is 26.9. The lowest BCUT2D eigenvalue weighted by molar-refractivity contribution is -0.142. The maximum Gasteiger partial charge on any atom is 0.233 e. The quantitative estimate of drug-likeness (QED) is 0.173. The lowest BCUT2D eigenvalue weighted by Gasteiger charge is -2.39. The summed E-state index contributed by atoms with van der Waals surface area (Å²) in [6.45, 7) is 23.0. The summed E-state index contributed by atoms with van der Waals surface area (Å²) in [7, 11) is 0. The minimum Gasteiger partial charge on any atom is -0.365 e. The Morgan fingerprint density at radius 1 is 1.05 bits per heavy atom. The standard InChI is InChI=1S/C36H53NO4/c1-11-24(3)36(9,10)28-23-26(19-21-34(5,6)27-17-14-13-15-18-27)30-31(28)33(40)37(32(30)39)22-16-20-35(7,8)41-25(4)29(38)12-2/h11,13-15,17-19,21,24-26,28,30-31H,1,12,16,20,22-23H2,2-10H3/b21-19+. The SMILES string of the molecule is C=CC(C)C(C)(C)C1CC(/C=C/C(C)(C)c2ccccc2)C2C(=O)N(CCCC(C)(C)OC(C)C(=O)CC)C(=O)C21. The second kappa shape index (κ2) is 12.8. The van der Waals surface area contributed by atoms with Gasteiger partial charge in [0, 0.05) is 18.4 Å². The lowest BCUT2D eigenvalue weighted by Crippen LogP contribution is -2.39. The predicted molar refractivity (Wildman–Crippen MR) is 166 cm³/mol. The Labute approximate surface area is 248 Å². The van der Waals surface area contributed by atoms with Crippen molar-refractivity contribution in [2.45, 2.75) is 105 Å². The molecule has 1 saturated carbocycles. The van der Waals surface area contributed by atoms with Gasteiger partial charge in [0.2, 0.25) is 11.8 Å². The number of allylic oxidation sites excluding steroid dienone is 3. The van der Waals surface area contributed by atoms with Gasteiger partial charge in [0.05, 0.1) is 17.4 Å². The number of likely N-dealkylation sites (tertiary alicyclic amines) is 1. The van der Waals surface area contributed by atoms with Crippen molar-refractivity contribution in [1.29, 1.82) is 0 Å². The first-order chi connectivity index (χ1) is 19.1. The van der Waals surface area contributed by atoms with Crippen LogP contribution >= 0.6 is 0 Å². The van der Waals surface area contributed by atoms with E-state index in [-0.39, 0.29) is 58.0 Å². The Morgan fingerprint density at radius 2 is 1.66 bits per heavy atom. The van der Waals surface area contributed by atoms with Crippen LogP contribution in [0.25, 0.3) is 0 Å². The van der Waals surface area contributed by atoms with Crippen molar-refractivity contribution in [1.82, 2.24) is 4.90 Å². The molecule has 2 amide bonds. The Kier molecular flexibility index (Phi) is 10.3. The fourth-order valence-corrected chi connectivity index (χ4v) is 6.94. The molecule has 1 aromatic carbocycles. The molecule has 5 heteroatoms. The van der Waals surface area contributed by atoms with Crippen LogP contribution in [0.4, 0.5) is 0 Å². The molecule has 0 spiro atoms. The van der Waals surface area contributed by atoms with Crippen molar-refractivity contribution in [2.24, 2.45) is 35.0 Å². The summed E-state index contributed by atoms with van der Waals surface area (Å²) in [6, 6.07) is 10.4. The molecule has 6 unspecified atom stereocenters. The second-order valence-electron chi connectivity index (χ2n) is 14.1. The molecule has 0 N–H and O–H groups in total. The van der Waals surface area contributed by atoms with Crippen molar-refractivity contribution in [2.75, 3.05) is 6.54 Å². The highest BCUT2D eigenvalue weighted by atomic mass is 16.5. The fourth-order valence-electron chi connectivity index (χ4n) is 6.94. The van der Waals surface area contributed by atoms with Crippen LogP contribution in [0.1, 0.15) is 93.6 Å². The molecule has 226 valence electrons. The monoisotopic (exact) mass is 563 g/mol.